The molecular formula is C18H18F2N2O4S. The molecule has 27 heavy (non-hydrogen) atoms. The molecule has 2 aromatic rings. The lowest BCUT2D eigenvalue weighted by atomic mass is 10.0. The van der Waals surface area contributed by atoms with Crippen LogP contribution in [0.3, 0.4) is 0 Å². The first-order valence-corrected chi connectivity index (χ1v) is 8.92. The zero-order valence-corrected chi connectivity index (χ0v) is 15.4. The first kappa shape index (κ1) is 20.5. The molecule has 0 unspecified atom stereocenters. The van der Waals surface area contributed by atoms with Gasteiger partial charge in [-0.3, -0.25) is 9.59 Å². The Morgan fingerprint density at radius 3 is 2.33 bits per heavy atom. The Balaban J connectivity index is 1.93. The van der Waals surface area contributed by atoms with Crippen LogP contribution in [-0.4, -0.2) is 30.4 Å². The van der Waals surface area contributed by atoms with Crippen LogP contribution in [0.2, 0.25) is 0 Å². The first-order valence-electron chi connectivity index (χ1n) is 8.04. The summed E-state index contributed by atoms with van der Waals surface area (Å²) in [5.74, 6) is -4.35. The third-order valence-corrected chi connectivity index (χ3v) is 4.39. The van der Waals surface area contributed by atoms with E-state index in [1.54, 1.807) is 31.4 Å². The third-order valence-electron chi connectivity index (χ3n) is 3.52. The molecule has 2 amide bonds. The third kappa shape index (κ3) is 5.58. The molecule has 1 atom stereocenters. The van der Waals surface area contributed by atoms with Crippen molar-refractivity contribution < 1.29 is 27.9 Å². The summed E-state index contributed by atoms with van der Waals surface area (Å²) in [7, 11) is 0. The molecule has 0 saturated carbocycles. The summed E-state index contributed by atoms with van der Waals surface area (Å²) in [5, 5.41) is 6.29. The number of ether oxygens (including phenoxy) is 1. The summed E-state index contributed by atoms with van der Waals surface area (Å²) in [6.07, 6.45) is 0. The monoisotopic (exact) mass is 396 g/mol. The smallest absolute Gasteiger partial charge is 0.329 e. The van der Waals surface area contributed by atoms with Crippen molar-refractivity contribution in [2.75, 3.05) is 11.9 Å². The van der Waals surface area contributed by atoms with Gasteiger partial charge in [0.15, 0.2) is 6.61 Å². The van der Waals surface area contributed by atoms with Gasteiger partial charge in [-0.15, -0.1) is 11.3 Å². The van der Waals surface area contributed by atoms with Gasteiger partial charge in [0.1, 0.15) is 23.4 Å². The molecule has 144 valence electrons. The van der Waals surface area contributed by atoms with Crippen molar-refractivity contribution >= 4 is 34.8 Å². The van der Waals surface area contributed by atoms with E-state index in [1.807, 2.05) is 5.32 Å². The molecule has 2 N–H and O–H groups in total. The molecule has 0 saturated heterocycles. The van der Waals surface area contributed by atoms with Gasteiger partial charge in [0.25, 0.3) is 11.8 Å². The average molecular weight is 396 g/mol. The summed E-state index contributed by atoms with van der Waals surface area (Å²) in [6.45, 7) is 2.66. The van der Waals surface area contributed by atoms with Gasteiger partial charge in [0, 0.05) is 0 Å². The molecule has 1 aromatic heterocycles. The van der Waals surface area contributed by atoms with Gasteiger partial charge in [-0.1, -0.05) is 26.0 Å². The van der Waals surface area contributed by atoms with E-state index in [9.17, 15) is 23.2 Å². The molecule has 6 nitrogen and oxygen atoms in total. The number of halogens is 2. The number of thiophene rings is 1. The van der Waals surface area contributed by atoms with Crippen LogP contribution in [0.25, 0.3) is 0 Å². The molecule has 0 bridgehead atoms. The second kappa shape index (κ2) is 9.22. The lowest BCUT2D eigenvalue weighted by Gasteiger charge is -2.20. The number of esters is 1. The maximum absolute atomic E-state index is 13.5. The molecule has 0 fully saturated rings. The van der Waals surface area contributed by atoms with Crippen molar-refractivity contribution in [2.24, 2.45) is 5.92 Å². The standard InChI is InChI=1S/C18H18F2N2O4S/c1-10(2)15(22-17(24)13-7-4-8-27-13)18(25)26-9-14(23)21-16-11(19)5-3-6-12(16)20/h3-8,10,15H,9H2,1-2H3,(H,21,23)(H,22,24)/t15-/m0/s1. The Morgan fingerprint density at radius 1 is 1.11 bits per heavy atom. The van der Waals surface area contributed by atoms with Crippen LogP contribution in [0.5, 0.6) is 0 Å². The number of hydrogen-bond donors (Lipinski definition) is 2. The Kier molecular flexibility index (Phi) is 7.00. The van der Waals surface area contributed by atoms with Crippen LogP contribution in [0.4, 0.5) is 14.5 Å². The quantitative estimate of drug-likeness (QED) is 0.705. The highest BCUT2D eigenvalue weighted by Crippen LogP contribution is 2.18. The predicted molar refractivity (Wildman–Crippen MR) is 96.4 cm³/mol. The van der Waals surface area contributed by atoms with E-state index in [-0.39, 0.29) is 5.92 Å². The fraction of sp³-hybridized carbons (Fsp3) is 0.278. The largest absolute Gasteiger partial charge is 0.454 e. The molecule has 1 aromatic carbocycles. The van der Waals surface area contributed by atoms with E-state index in [1.165, 1.54) is 11.3 Å². The van der Waals surface area contributed by atoms with Crippen molar-refractivity contribution in [2.45, 2.75) is 19.9 Å². The molecule has 2 rings (SSSR count). The fourth-order valence-electron chi connectivity index (χ4n) is 2.14. The number of amides is 2. The molecule has 9 heteroatoms. The van der Waals surface area contributed by atoms with E-state index in [0.29, 0.717) is 4.88 Å². The van der Waals surface area contributed by atoms with E-state index < -0.39 is 47.8 Å². The number of nitrogens with one attached hydrogen (secondary N) is 2. The summed E-state index contributed by atoms with van der Waals surface area (Å²) in [4.78, 5) is 36.6. The lowest BCUT2D eigenvalue weighted by molar-refractivity contribution is -0.150. The van der Waals surface area contributed by atoms with Crippen molar-refractivity contribution in [3.8, 4) is 0 Å². The second-order valence-electron chi connectivity index (χ2n) is 5.92. The first-order chi connectivity index (χ1) is 12.8. The van der Waals surface area contributed by atoms with Gasteiger partial charge in [0.2, 0.25) is 0 Å². The number of rotatable bonds is 7. The van der Waals surface area contributed by atoms with E-state index >= 15 is 0 Å². The number of hydrogen-bond acceptors (Lipinski definition) is 5. The van der Waals surface area contributed by atoms with Crippen LogP contribution in [0.15, 0.2) is 35.7 Å². The minimum absolute atomic E-state index is 0.298. The van der Waals surface area contributed by atoms with Crippen molar-refractivity contribution in [3.05, 3.63) is 52.2 Å². The Morgan fingerprint density at radius 2 is 1.78 bits per heavy atom. The molecule has 0 aliphatic carbocycles. The number of benzene rings is 1. The van der Waals surface area contributed by atoms with Crippen LogP contribution >= 0.6 is 11.3 Å². The van der Waals surface area contributed by atoms with Gasteiger partial charge in [-0.25, -0.2) is 13.6 Å². The van der Waals surface area contributed by atoms with Crippen LogP contribution in [0, 0.1) is 17.6 Å². The summed E-state index contributed by atoms with van der Waals surface area (Å²) < 4.78 is 31.9. The van der Waals surface area contributed by atoms with Gasteiger partial charge in [-0.2, -0.15) is 0 Å². The fourth-order valence-corrected chi connectivity index (χ4v) is 2.76. The molecule has 1 heterocycles. The highest BCUT2D eigenvalue weighted by atomic mass is 32.1. The summed E-state index contributed by atoms with van der Waals surface area (Å²) >= 11 is 1.22. The minimum atomic E-state index is -0.974. The Bertz CT molecular complexity index is 805. The molecule has 0 aliphatic rings. The van der Waals surface area contributed by atoms with E-state index in [2.05, 4.69) is 5.32 Å². The highest BCUT2D eigenvalue weighted by Gasteiger charge is 2.27. The zero-order chi connectivity index (χ0) is 20.0. The average Bonchev–Trinajstić information content (AvgIpc) is 3.15. The Labute approximate surface area is 158 Å². The summed E-state index contributed by atoms with van der Waals surface area (Å²) in [5.41, 5.74) is -0.620. The minimum Gasteiger partial charge on any atom is -0.454 e. The maximum atomic E-state index is 13.5. The Hall–Kier alpha value is -2.81. The number of carbonyl (C=O) groups is 3. The van der Waals surface area contributed by atoms with Crippen molar-refractivity contribution in [3.63, 3.8) is 0 Å². The molecular weight excluding hydrogens is 378 g/mol. The molecule has 0 radical (unpaired) electrons. The number of carbonyl (C=O) groups excluding carboxylic acids is 3. The van der Waals surface area contributed by atoms with Gasteiger partial charge in [0.05, 0.1) is 4.88 Å². The second-order valence-corrected chi connectivity index (χ2v) is 6.87. The van der Waals surface area contributed by atoms with E-state index in [0.717, 1.165) is 18.2 Å². The predicted octanol–water partition coefficient (Wildman–Crippen LogP) is 2.96. The molecule has 0 aliphatic heterocycles. The van der Waals surface area contributed by atoms with Crippen LogP contribution in [0.1, 0.15) is 23.5 Å². The van der Waals surface area contributed by atoms with Crippen molar-refractivity contribution in [1.29, 1.82) is 0 Å². The van der Waals surface area contributed by atoms with Gasteiger partial charge in [-0.05, 0) is 29.5 Å². The van der Waals surface area contributed by atoms with Crippen molar-refractivity contribution in [1.82, 2.24) is 5.32 Å². The van der Waals surface area contributed by atoms with Gasteiger partial charge >= 0.3 is 5.97 Å². The van der Waals surface area contributed by atoms with Gasteiger partial charge < -0.3 is 15.4 Å². The topological polar surface area (TPSA) is 84.5 Å². The maximum Gasteiger partial charge on any atom is 0.329 e. The molecule has 0 spiro atoms. The zero-order valence-electron chi connectivity index (χ0n) is 14.6. The number of para-hydroxylation sites is 1. The SMILES string of the molecule is CC(C)[C@H](NC(=O)c1cccs1)C(=O)OCC(=O)Nc1c(F)cccc1F. The number of anilines is 1. The van der Waals surface area contributed by atoms with Crippen LogP contribution < -0.4 is 10.6 Å². The highest BCUT2D eigenvalue weighted by molar-refractivity contribution is 7.12. The van der Waals surface area contributed by atoms with Crippen LogP contribution in [-0.2, 0) is 14.3 Å². The lowest BCUT2D eigenvalue weighted by Crippen LogP contribution is -2.45. The van der Waals surface area contributed by atoms with E-state index in [4.69, 9.17) is 4.74 Å². The summed E-state index contributed by atoms with van der Waals surface area (Å²) in [6, 6.07) is 5.47. The normalized spacial score (nSPS) is 11.7.